The summed E-state index contributed by atoms with van der Waals surface area (Å²) in [6.07, 6.45) is 2.23. The third-order valence-electron chi connectivity index (χ3n) is 1.53. The third kappa shape index (κ3) is 0.829. The highest BCUT2D eigenvalue weighted by Gasteiger charge is 2.06. The molecule has 1 atom stereocenters. The van der Waals surface area contributed by atoms with Crippen molar-refractivity contribution in [2.75, 3.05) is 6.54 Å². The van der Waals surface area contributed by atoms with Gasteiger partial charge in [0.25, 0.3) is 0 Å². The molecule has 1 nitrogen and oxygen atoms in total. The predicted molar refractivity (Wildman–Crippen MR) is 31.2 cm³/mol. The number of nitrogens with one attached hydrogen (secondary N) is 1. The van der Waals surface area contributed by atoms with Crippen molar-refractivity contribution in [1.82, 2.24) is 5.32 Å². The Morgan fingerprint density at radius 3 is 2.71 bits per heavy atom. The molecule has 1 heteroatoms. The van der Waals surface area contributed by atoms with Gasteiger partial charge in [0, 0.05) is 12.6 Å². The van der Waals surface area contributed by atoms with Crippen LogP contribution in [0.25, 0.3) is 0 Å². The molecule has 0 aromatic carbocycles. The van der Waals surface area contributed by atoms with Crippen LogP contribution < -0.4 is 5.32 Å². The number of rotatable bonds is 0. The van der Waals surface area contributed by atoms with Crippen LogP contribution in [0.2, 0.25) is 0 Å². The van der Waals surface area contributed by atoms with Crippen molar-refractivity contribution in [1.29, 1.82) is 0 Å². The maximum atomic E-state index is 3.28. The van der Waals surface area contributed by atoms with Crippen LogP contribution >= 0.6 is 0 Å². The molecule has 0 saturated carbocycles. The van der Waals surface area contributed by atoms with Gasteiger partial charge in [-0.3, -0.25) is 0 Å². The van der Waals surface area contributed by atoms with E-state index in [2.05, 4.69) is 25.2 Å². The van der Waals surface area contributed by atoms with E-state index in [4.69, 9.17) is 0 Å². The van der Waals surface area contributed by atoms with Crippen LogP contribution in [-0.4, -0.2) is 12.6 Å². The molecule has 0 amide bonds. The molecule has 0 aromatic heterocycles. The standard InChI is InChI=1S/C6H11N/c1-5-3-4-7-6(5)2/h3,6-7H,4H2,1-2H3. The highest BCUT2D eigenvalue weighted by molar-refractivity contribution is 5.12. The van der Waals surface area contributed by atoms with Gasteiger partial charge < -0.3 is 5.32 Å². The van der Waals surface area contributed by atoms with E-state index in [0.29, 0.717) is 6.04 Å². The molecule has 0 fully saturated rings. The van der Waals surface area contributed by atoms with Gasteiger partial charge >= 0.3 is 0 Å². The minimum absolute atomic E-state index is 0.625. The molecule has 0 spiro atoms. The maximum Gasteiger partial charge on any atom is 0.0251 e. The first-order chi connectivity index (χ1) is 3.30. The first-order valence-corrected chi connectivity index (χ1v) is 2.71. The van der Waals surface area contributed by atoms with Crippen LogP contribution in [0, 0.1) is 0 Å². The Hall–Kier alpha value is -0.300. The van der Waals surface area contributed by atoms with Crippen LogP contribution in [0.1, 0.15) is 13.8 Å². The van der Waals surface area contributed by atoms with E-state index in [1.54, 1.807) is 0 Å². The predicted octanol–water partition coefficient (Wildman–Crippen LogP) is 0.924. The molecule has 1 rings (SSSR count). The zero-order valence-electron chi connectivity index (χ0n) is 4.86. The van der Waals surface area contributed by atoms with Gasteiger partial charge in [0.05, 0.1) is 0 Å². The van der Waals surface area contributed by atoms with E-state index < -0.39 is 0 Å². The highest BCUT2D eigenvalue weighted by Crippen LogP contribution is 2.04. The second-order valence-corrected chi connectivity index (χ2v) is 2.08. The fourth-order valence-corrected chi connectivity index (χ4v) is 0.734. The highest BCUT2D eigenvalue weighted by atomic mass is 14.9. The van der Waals surface area contributed by atoms with E-state index in [0.717, 1.165) is 6.54 Å². The lowest BCUT2D eigenvalue weighted by atomic mass is 10.2. The van der Waals surface area contributed by atoms with E-state index >= 15 is 0 Å². The van der Waals surface area contributed by atoms with Crippen molar-refractivity contribution in [2.24, 2.45) is 0 Å². The summed E-state index contributed by atoms with van der Waals surface area (Å²) < 4.78 is 0. The van der Waals surface area contributed by atoms with Crippen LogP contribution in [0.3, 0.4) is 0 Å². The van der Waals surface area contributed by atoms with Gasteiger partial charge in [-0.15, -0.1) is 0 Å². The molecule has 1 aliphatic heterocycles. The zero-order chi connectivity index (χ0) is 5.28. The molecule has 7 heavy (non-hydrogen) atoms. The summed E-state index contributed by atoms with van der Waals surface area (Å²) in [5.74, 6) is 0. The Balaban J connectivity index is 2.54. The van der Waals surface area contributed by atoms with Gasteiger partial charge in [-0.1, -0.05) is 11.6 Å². The molecular weight excluding hydrogens is 86.1 g/mol. The van der Waals surface area contributed by atoms with E-state index in [9.17, 15) is 0 Å². The van der Waals surface area contributed by atoms with Crippen LogP contribution in [-0.2, 0) is 0 Å². The van der Waals surface area contributed by atoms with Crippen molar-refractivity contribution < 1.29 is 0 Å². The molecule has 1 heterocycles. The van der Waals surface area contributed by atoms with Crippen molar-refractivity contribution in [3.05, 3.63) is 11.6 Å². The summed E-state index contributed by atoms with van der Waals surface area (Å²) in [6, 6.07) is 0.625. The van der Waals surface area contributed by atoms with Gasteiger partial charge in [-0.2, -0.15) is 0 Å². The summed E-state index contributed by atoms with van der Waals surface area (Å²) in [4.78, 5) is 0. The van der Waals surface area contributed by atoms with Crippen LogP contribution in [0.15, 0.2) is 11.6 Å². The maximum absolute atomic E-state index is 3.28. The Kier molecular flexibility index (Phi) is 1.15. The number of hydrogen-bond acceptors (Lipinski definition) is 1. The van der Waals surface area contributed by atoms with Crippen LogP contribution in [0.4, 0.5) is 0 Å². The lowest BCUT2D eigenvalue weighted by molar-refractivity contribution is 0.701. The van der Waals surface area contributed by atoms with Crippen molar-refractivity contribution in [2.45, 2.75) is 19.9 Å². The van der Waals surface area contributed by atoms with Crippen molar-refractivity contribution >= 4 is 0 Å². The summed E-state index contributed by atoms with van der Waals surface area (Å²) >= 11 is 0. The first-order valence-electron chi connectivity index (χ1n) is 2.71. The second-order valence-electron chi connectivity index (χ2n) is 2.08. The van der Waals surface area contributed by atoms with Gasteiger partial charge in [0.15, 0.2) is 0 Å². The largest absolute Gasteiger partial charge is 0.307 e. The molecule has 0 aliphatic carbocycles. The van der Waals surface area contributed by atoms with Crippen LogP contribution in [0.5, 0.6) is 0 Å². The Morgan fingerprint density at radius 1 is 1.86 bits per heavy atom. The Bertz CT molecular complexity index is 94.4. The summed E-state index contributed by atoms with van der Waals surface area (Å²) in [5, 5.41) is 3.28. The zero-order valence-corrected chi connectivity index (χ0v) is 4.86. The fraction of sp³-hybridized carbons (Fsp3) is 0.667. The lowest BCUT2D eigenvalue weighted by Crippen LogP contribution is -2.19. The molecule has 0 saturated heterocycles. The van der Waals surface area contributed by atoms with E-state index in [1.807, 2.05) is 0 Å². The van der Waals surface area contributed by atoms with E-state index in [-0.39, 0.29) is 0 Å². The van der Waals surface area contributed by atoms with Gasteiger partial charge in [-0.25, -0.2) is 0 Å². The summed E-state index contributed by atoms with van der Waals surface area (Å²) in [7, 11) is 0. The monoisotopic (exact) mass is 97.1 g/mol. The Morgan fingerprint density at radius 2 is 2.57 bits per heavy atom. The molecule has 0 bridgehead atoms. The summed E-state index contributed by atoms with van der Waals surface area (Å²) in [6.45, 7) is 5.40. The lowest BCUT2D eigenvalue weighted by Gasteiger charge is -2.01. The smallest absolute Gasteiger partial charge is 0.0251 e. The van der Waals surface area contributed by atoms with E-state index in [1.165, 1.54) is 5.57 Å². The second kappa shape index (κ2) is 1.66. The minimum atomic E-state index is 0.625. The molecule has 0 aromatic rings. The SMILES string of the molecule is CC1=CCNC1C. The normalized spacial score (nSPS) is 30.6. The quantitative estimate of drug-likeness (QED) is 0.443. The molecule has 1 unspecified atom stereocenters. The molecule has 1 aliphatic rings. The first kappa shape index (κ1) is 4.85. The Labute approximate surface area is 44.4 Å². The fourth-order valence-electron chi connectivity index (χ4n) is 0.734. The minimum Gasteiger partial charge on any atom is -0.307 e. The summed E-state index contributed by atoms with van der Waals surface area (Å²) in [5.41, 5.74) is 1.47. The molecule has 40 valence electrons. The topological polar surface area (TPSA) is 12.0 Å². The van der Waals surface area contributed by atoms with Gasteiger partial charge in [-0.05, 0) is 13.8 Å². The average molecular weight is 97.2 g/mol. The van der Waals surface area contributed by atoms with Gasteiger partial charge in [0.1, 0.15) is 0 Å². The van der Waals surface area contributed by atoms with Crippen molar-refractivity contribution in [3.63, 3.8) is 0 Å². The average Bonchev–Trinajstić information content (AvgIpc) is 1.91. The molecule has 1 N–H and O–H groups in total. The molecular formula is C6H11N. The van der Waals surface area contributed by atoms with Crippen molar-refractivity contribution in [3.8, 4) is 0 Å². The molecule has 0 radical (unpaired) electrons. The number of hydrogen-bond donors (Lipinski definition) is 1. The van der Waals surface area contributed by atoms with Gasteiger partial charge in [0.2, 0.25) is 0 Å². The third-order valence-corrected chi connectivity index (χ3v) is 1.53.